The number of fused-ring (bicyclic) bond motifs is 1. The molecular weight excluding hydrogens is 316 g/mol. The molecule has 0 spiro atoms. The summed E-state index contributed by atoms with van der Waals surface area (Å²) in [6.45, 7) is 4.38. The third kappa shape index (κ3) is 2.15. The van der Waals surface area contributed by atoms with Gasteiger partial charge in [0.15, 0.2) is 0 Å². The quantitative estimate of drug-likeness (QED) is 0.904. The number of ether oxygens (including phenoxy) is 1. The highest BCUT2D eigenvalue weighted by molar-refractivity contribution is 9.10. The molecule has 3 nitrogen and oxygen atoms in total. The first-order valence-corrected chi connectivity index (χ1v) is 7.96. The summed E-state index contributed by atoms with van der Waals surface area (Å²) in [6, 6.07) is 4.25. The number of methoxy groups -OCH3 is 1. The fourth-order valence-corrected chi connectivity index (χ4v) is 4.32. The van der Waals surface area contributed by atoms with Crippen molar-refractivity contribution >= 4 is 26.8 Å². The molecule has 1 aromatic carbocycles. The second kappa shape index (κ2) is 5.41. The molecule has 0 radical (unpaired) electrons. The number of benzene rings is 1. The fraction of sp³-hybridized carbons (Fsp3) is 0.500. The Labute approximate surface area is 128 Å². The lowest BCUT2D eigenvalue weighted by atomic mass is 9.94. The number of nitrogens with zero attached hydrogens (tertiary/aromatic N) is 1. The van der Waals surface area contributed by atoms with Crippen LogP contribution in [0.1, 0.15) is 30.0 Å². The molecule has 108 valence electrons. The van der Waals surface area contributed by atoms with Crippen LogP contribution in [-0.2, 0) is 7.05 Å². The standard InChI is InChI=1S/C16H21BrN2O/c1-10-8-12(20-3)9-13-14(17)16(19(2)15(10)13)11-4-6-18-7-5-11/h8-9,11,18H,4-7H2,1-3H3. The van der Waals surface area contributed by atoms with E-state index in [0.717, 1.165) is 18.8 Å². The van der Waals surface area contributed by atoms with Crippen molar-refractivity contribution in [1.29, 1.82) is 0 Å². The minimum atomic E-state index is 0.633. The van der Waals surface area contributed by atoms with Crippen LogP contribution in [0.4, 0.5) is 0 Å². The van der Waals surface area contributed by atoms with Gasteiger partial charge >= 0.3 is 0 Å². The molecule has 0 amide bonds. The van der Waals surface area contributed by atoms with Crippen molar-refractivity contribution in [3.8, 4) is 5.75 Å². The normalized spacial score (nSPS) is 16.8. The van der Waals surface area contributed by atoms with Crippen LogP contribution < -0.4 is 10.1 Å². The number of hydrogen-bond acceptors (Lipinski definition) is 2. The van der Waals surface area contributed by atoms with Crippen LogP contribution in [0.15, 0.2) is 16.6 Å². The molecule has 2 heterocycles. The maximum absolute atomic E-state index is 5.41. The summed E-state index contributed by atoms with van der Waals surface area (Å²) in [5.74, 6) is 1.56. The number of halogens is 1. The van der Waals surface area contributed by atoms with Crippen LogP contribution in [0.2, 0.25) is 0 Å². The van der Waals surface area contributed by atoms with E-state index >= 15 is 0 Å². The monoisotopic (exact) mass is 336 g/mol. The minimum Gasteiger partial charge on any atom is -0.497 e. The van der Waals surface area contributed by atoms with Crippen LogP contribution >= 0.6 is 15.9 Å². The van der Waals surface area contributed by atoms with Gasteiger partial charge in [-0.2, -0.15) is 0 Å². The average Bonchev–Trinajstić information content (AvgIpc) is 2.72. The zero-order chi connectivity index (χ0) is 14.3. The van der Waals surface area contributed by atoms with E-state index in [1.54, 1.807) is 7.11 Å². The molecule has 4 heteroatoms. The molecule has 0 atom stereocenters. The summed E-state index contributed by atoms with van der Waals surface area (Å²) < 4.78 is 9.02. The van der Waals surface area contributed by atoms with Crippen molar-refractivity contribution in [2.75, 3.05) is 20.2 Å². The van der Waals surface area contributed by atoms with Gasteiger partial charge in [-0.25, -0.2) is 0 Å². The third-order valence-corrected chi connectivity index (χ3v) is 5.23. The van der Waals surface area contributed by atoms with Crippen molar-refractivity contribution in [3.05, 3.63) is 27.9 Å². The molecule has 1 aliphatic heterocycles. The number of aryl methyl sites for hydroxylation is 2. The lowest BCUT2D eigenvalue weighted by molar-refractivity contribution is 0.415. The van der Waals surface area contributed by atoms with Crippen molar-refractivity contribution < 1.29 is 4.74 Å². The molecular formula is C16H21BrN2O. The zero-order valence-electron chi connectivity index (χ0n) is 12.3. The Balaban J connectivity index is 2.20. The summed E-state index contributed by atoms with van der Waals surface area (Å²) in [5.41, 5.74) is 4.01. The highest BCUT2D eigenvalue weighted by atomic mass is 79.9. The topological polar surface area (TPSA) is 26.2 Å². The van der Waals surface area contributed by atoms with Crippen molar-refractivity contribution in [1.82, 2.24) is 9.88 Å². The van der Waals surface area contributed by atoms with Crippen LogP contribution in [0.5, 0.6) is 5.75 Å². The second-order valence-corrected chi connectivity index (χ2v) is 6.42. The predicted molar refractivity (Wildman–Crippen MR) is 86.8 cm³/mol. The maximum atomic E-state index is 5.41. The number of nitrogens with one attached hydrogen (secondary N) is 1. The molecule has 20 heavy (non-hydrogen) atoms. The largest absolute Gasteiger partial charge is 0.497 e. The molecule has 1 saturated heterocycles. The zero-order valence-corrected chi connectivity index (χ0v) is 13.9. The van der Waals surface area contributed by atoms with E-state index in [4.69, 9.17) is 4.74 Å². The Morgan fingerprint density at radius 1 is 1.30 bits per heavy atom. The summed E-state index contributed by atoms with van der Waals surface area (Å²) in [6.07, 6.45) is 2.41. The Morgan fingerprint density at radius 3 is 2.65 bits per heavy atom. The van der Waals surface area contributed by atoms with Crippen molar-refractivity contribution in [2.24, 2.45) is 7.05 Å². The lowest BCUT2D eigenvalue weighted by Crippen LogP contribution is -2.27. The van der Waals surface area contributed by atoms with Crippen molar-refractivity contribution in [2.45, 2.75) is 25.7 Å². The highest BCUT2D eigenvalue weighted by Gasteiger charge is 2.24. The summed E-state index contributed by atoms with van der Waals surface area (Å²) >= 11 is 3.84. The lowest BCUT2D eigenvalue weighted by Gasteiger charge is -2.24. The van der Waals surface area contributed by atoms with E-state index in [1.807, 2.05) is 0 Å². The number of hydrogen-bond donors (Lipinski definition) is 1. The molecule has 1 N–H and O–H groups in total. The second-order valence-electron chi connectivity index (χ2n) is 5.62. The molecule has 1 aromatic heterocycles. The molecule has 1 fully saturated rings. The molecule has 1 aliphatic rings. The molecule has 3 rings (SSSR count). The van der Waals surface area contributed by atoms with Crippen LogP contribution in [0.25, 0.3) is 10.9 Å². The van der Waals surface area contributed by atoms with Crippen LogP contribution in [-0.4, -0.2) is 24.8 Å². The fourth-order valence-electron chi connectivity index (χ4n) is 3.43. The van der Waals surface area contributed by atoms with Gasteiger partial charge in [0.25, 0.3) is 0 Å². The number of rotatable bonds is 2. The highest BCUT2D eigenvalue weighted by Crippen LogP contribution is 2.40. The maximum Gasteiger partial charge on any atom is 0.119 e. The summed E-state index contributed by atoms with van der Waals surface area (Å²) in [5, 5.41) is 4.70. The first kappa shape index (κ1) is 14.0. The van der Waals surface area contributed by atoms with Gasteiger partial charge in [0.05, 0.1) is 12.6 Å². The van der Waals surface area contributed by atoms with Gasteiger partial charge in [-0.15, -0.1) is 0 Å². The van der Waals surface area contributed by atoms with E-state index in [-0.39, 0.29) is 0 Å². The minimum absolute atomic E-state index is 0.633. The molecule has 0 saturated carbocycles. The van der Waals surface area contributed by atoms with E-state index in [1.165, 1.54) is 39.5 Å². The SMILES string of the molecule is COc1cc(C)c2c(c1)c(Br)c(C1CCNCC1)n2C. The molecule has 0 aliphatic carbocycles. The number of piperidine rings is 1. The Bertz CT molecular complexity index is 642. The van der Waals surface area contributed by atoms with E-state index in [0.29, 0.717) is 5.92 Å². The van der Waals surface area contributed by atoms with E-state index < -0.39 is 0 Å². The van der Waals surface area contributed by atoms with Crippen molar-refractivity contribution in [3.63, 3.8) is 0 Å². The predicted octanol–water partition coefficient (Wildman–Crippen LogP) is 3.72. The summed E-state index contributed by atoms with van der Waals surface area (Å²) in [4.78, 5) is 0. The van der Waals surface area contributed by atoms with Gasteiger partial charge in [0, 0.05) is 28.5 Å². The average molecular weight is 337 g/mol. The first-order valence-electron chi connectivity index (χ1n) is 7.16. The molecule has 2 aromatic rings. The van der Waals surface area contributed by atoms with E-state index in [9.17, 15) is 0 Å². The number of aromatic nitrogens is 1. The first-order chi connectivity index (χ1) is 9.63. The smallest absolute Gasteiger partial charge is 0.119 e. The Morgan fingerprint density at radius 2 is 2.00 bits per heavy atom. The molecule has 0 bridgehead atoms. The molecule has 0 unspecified atom stereocenters. The van der Waals surface area contributed by atoms with Gasteiger partial charge in [-0.05, 0) is 66.5 Å². The van der Waals surface area contributed by atoms with Gasteiger partial charge in [0.1, 0.15) is 5.75 Å². The summed E-state index contributed by atoms with van der Waals surface area (Å²) in [7, 11) is 3.91. The third-order valence-electron chi connectivity index (χ3n) is 4.39. The van der Waals surface area contributed by atoms with Gasteiger partial charge < -0.3 is 14.6 Å². The van der Waals surface area contributed by atoms with Gasteiger partial charge in [0.2, 0.25) is 0 Å². The Kier molecular flexibility index (Phi) is 3.78. The Hall–Kier alpha value is -1.00. The van der Waals surface area contributed by atoms with Gasteiger partial charge in [-0.1, -0.05) is 0 Å². The van der Waals surface area contributed by atoms with E-state index in [2.05, 4.69) is 51.9 Å². The van der Waals surface area contributed by atoms with Crippen LogP contribution in [0.3, 0.4) is 0 Å². The van der Waals surface area contributed by atoms with Crippen LogP contribution in [0, 0.1) is 6.92 Å². The van der Waals surface area contributed by atoms with Gasteiger partial charge in [-0.3, -0.25) is 0 Å².